The highest BCUT2D eigenvalue weighted by Gasteiger charge is 2.05. The maximum Gasteiger partial charge on any atom is 0.303 e. The van der Waals surface area contributed by atoms with Gasteiger partial charge in [-0.15, -0.1) is 0 Å². The number of ether oxygens (including phenoxy) is 1. The van der Waals surface area contributed by atoms with Crippen molar-refractivity contribution in [2.24, 2.45) is 0 Å². The zero-order valence-corrected chi connectivity index (χ0v) is 10.5. The summed E-state index contributed by atoms with van der Waals surface area (Å²) < 4.78 is 5.43. The van der Waals surface area contributed by atoms with Gasteiger partial charge >= 0.3 is 5.97 Å². The normalized spacial score (nSPS) is 10.0. The number of benzene rings is 1. The summed E-state index contributed by atoms with van der Waals surface area (Å²) in [6, 6.07) is 5.31. The van der Waals surface area contributed by atoms with Crippen LogP contribution in [0.15, 0.2) is 30.4 Å². The number of carboxylic acid groups (broad SMARTS) is 1. The minimum absolute atomic E-state index is 0.0995. The molecule has 0 aliphatic carbocycles. The van der Waals surface area contributed by atoms with Crippen molar-refractivity contribution in [2.75, 3.05) is 6.61 Å². The van der Waals surface area contributed by atoms with Crippen LogP contribution in [-0.2, 0) is 11.2 Å². The molecule has 0 heterocycles. The van der Waals surface area contributed by atoms with E-state index < -0.39 is 5.97 Å². The fourth-order valence-corrected chi connectivity index (χ4v) is 1.53. The molecule has 0 saturated carbocycles. The average Bonchev–Trinajstić information content (AvgIpc) is 2.24. The van der Waals surface area contributed by atoms with Crippen molar-refractivity contribution in [3.8, 4) is 5.75 Å². The molecule has 0 atom stereocenters. The Morgan fingerprint density at radius 2 is 2.24 bits per heavy atom. The Kier molecular flexibility index (Phi) is 5.04. The molecule has 0 amide bonds. The van der Waals surface area contributed by atoms with Crippen LogP contribution in [0.4, 0.5) is 0 Å². The monoisotopic (exact) mass is 254 g/mol. The van der Waals surface area contributed by atoms with E-state index >= 15 is 0 Å². The lowest BCUT2D eigenvalue weighted by molar-refractivity contribution is -0.136. The third-order valence-electron chi connectivity index (χ3n) is 2.10. The Hall–Kier alpha value is -1.48. The van der Waals surface area contributed by atoms with E-state index in [9.17, 15) is 4.79 Å². The molecule has 0 saturated heterocycles. The van der Waals surface area contributed by atoms with Crippen LogP contribution >= 0.6 is 11.6 Å². The van der Waals surface area contributed by atoms with E-state index in [1.165, 1.54) is 0 Å². The molecule has 0 aliphatic heterocycles. The molecular weight excluding hydrogens is 240 g/mol. The fourth-order valence-electron chi connectivity index (χ4n) is 1.27. The minimum atomic E-state index is -0.816. The van der Waals surface area contributed by atoms with Gasteiger partial charge in [-0.25, -0.2) is 0 Å². The van der Waals surface area contributed by atoms with Crippen LogP contribution in [0.1, 0.15) is 18.9 Å². The number of aliphatic carboxylic acids is 1. The van der Waals surface area contributed by atoms with E-state index in [2.05, 4.69) is 6.58 Å². The van der Waals surface area contributed by atoms with Crippen LogP contribution in [0.25, 0.3) is 0 Å². The van der Waals surface area contributed by atoms with Gasteiger partial charge in [0.2, 0.25) is 0 Å². The number of hydrogen-bond donors (Lipinski definition) is 1. The van der Waals surface area contributed by atoms with Crippen molar-refractivity contribution in [1.29, 1.82) is 0 Å². The zero-order valence-electron chi connectivity index (χ0n) is 9.70. The second kappa shape index (κ2) is 6.30. The summed E-state index contributed by atoms with van der Waals surface area (Å²) >= 11 is 6.03. The van der Waals surface area contributed by atoms with Crippen LogP contribution in [0.5, 0.6) is 5.75 Å². The van der Waals surface area contributed by atoms with Gasteiger partial charge in [-0.1, -0.05) is 24.2 Å². The zero-order chi connectivity index (χ0) is 12.8. The van der Waals surface area contributed by atoms with Gasteiger partial charge in [-0.05, 0) is 36.6 Å². The molecule has 3 nitrogen and oxygen atoms in total. The highest BCUT2D eigenvalue weighted by Crippen LogP contribution is 2.26. The molecule has 0 aromatic heterocycles. The van der Waals surface area contributed by atoms with E-state index in [1.54, 1.807) is 12.1 Å². The van der Waals surface area contributed by atoms with E-state index in [1.807, 2.05) is 13.0 Å². The molecule has 0 bridgehead atoms. The molecule has 1 aromatic carbocycles. The van der Waals surface area contributed by atoms with E-state index in [0.717, 1.165) is 11.1 Å². The van der Waals surface area contributed by atoms with Crippen molar-refractivity contribution in [1.82, 2.24) is 0 Å². The predicted molar refractivity (Wildman–Crippen MR) is 67.7 cm³/mol. The van der Waals surface area contributed by atoms with Gasteiger partial charge in [0.15, 0.2) is 0 Å². The standard InChI is InChI=1S/C13H15ClO3/c1-9(2)8-17-12-5-3-10(7-11(12)14)4-6-13(15)16/h3,5,7H,1,4,6,8H2,2H3,(H,15,16). The van der Waals surface area contributed by atoms with E-state index in [-0.39, 0.29) is 6.42 Å². The topological polar surface area (TPSA) is 46.5 Å². The molecule has 4 heteroatoms. The van der Waals surface area contributed by atoms with Crippen molar-refractivity contribution >= 4 is 17.6 Å². The molecule has 0 spiro atoms. The SMILES string of the molecule is C=C(C)COc1ccc(CCC(=O)O)cc1Cl. The van der Waals surface area contributed by atoms with Crippen LogP contribution < -0.4 is 4.74 Å². The number of halogens is 1. The second-order valence-electron chi connectivity index (χ2n) is 3.90. The summed E-state index contributed by atoms with van der Waals surface area (Å²) in [4.78, 5) is 10.4. The fraction of sp³-hybridized carbons (Fsp3) is 0.308. The van der Waals surface area contributed by atoms with E-state index in [0.29, 0.717) is 23.8 Å². The summed E-state index contributed by atoms with van der Waals surface area (Å²) in [6.45, 7) is 6.03. The molecule has 92 valence electrons. The first-order valence-corrected chi connectivity index (χ1v) is 5.64. The van der Waals surface area contributed by atoms with Gasteiger partial charge in [-0.3, -0.25) is 4.79 Å². The Balaban J connectivity index is 2.65. The molecule has 1 rings (SSSR count). The van der Waals surface area contributed by atoms with Crippen molar-refractivity contribution in [3.63, 3.8) is 0 Å². The smallest absolute Gasteiger partial charge is 0.303 e. The van der Waals surface area contributed by atoms with Gasteiger partial charge in [0, 0.05) is 6.42 Å². The van der Waals surface area contributed by atoms with Gasteiger partial charge in [0.05, 0.1) is 5.02 Å². The third kappa shape index (κ3) is 4.91. The predicted octanol–water partition coefficient (Wildman–Crippen LogP) is 3.31. The summed E-state index contributed by atoms with van der Waals surface area (Å²) in [6.07, 6.45) is 0.568. The van der Waals surface area contributed by atoms with Crippen molar-refractivity contribution in [2.45, 2.75) is 19.8 Å². The van der Waals surface area contributed by atoms with Crippen LogP contribution in [-0.4, -0.2) is 17.7 Å². The molecule has 1 N–H and O–H groups in total. The summed E-state index contributed by atoms with van der Waals surface area (Å²) in [5.41, 5.74) is 1.80. The molecule has 0 aliphatic rings. The number of aryl methyl sites for hydroxylation is 1. The largest absolute Gasteiger partial charge is 0.488 e. The lowest BCUT2D eigenvalue weighted by Gasteiger charge is -2.09. The average molecular weight is 255 g/mol. The summed E-state index contributed by atoms with van der Waals surface area (Å²) in [5.74, 6) is -0.225. The summed E-state index contributed by atoms with van der Waals surface area (Å²) in [5, 5.41) is 9.07. The van der Waals surface area contributed by atoms with Crippen molar-refractivity contribution in [3.05, 3.63) is 40.9 Å². The van der Waals surface area contributed by atoms with Gasteiger partial charge in [0.25, 0.3) is 0 Å². The number of carboxylic acids is 1. The van der Waals surface area contributed by atoms with Gasteiger partial charge in [-0.2, -0.15) is 0 Å². The Bertz CT molecular complexity index is 427. The van der Waals surface area contributed by atoms with E-state index in [4.69, 9.17) is 21.4 Å². The second-order valence-corrected chi connectivity index (χ2v) is 4.31. The Morgan fingerprint density at radius 1 is 1.53 bits per heavy atom. The number of carbonyl (C=O) groups is 1. The summed E-state index contributed by atoms with van der Waals surface area (Å²) in [7, 11) is 0. The molecule has 17 heavy (non-hydrogen) atoms. The third-order valence-corrected chi connectivity index (χ3v) is 2.39. The lowest BCUT2D eigenvalue weighted by atomic mass is 10.1. The first-order chi connectivity index (χ1) is 7.99. The first-order valence-electron chi connectivity index (χ1n) is 5.26. The molecule has 0 unspecified atom stereocenters. The van der Waals surface area contributed by atoms with Crippen LogP contribution in [0.3, 0.4) is 0 Å². The maximum atomic E-state index is 10.4. The van der Waals surface area contributed by atoms with Crippen LogP contribution in [0.2, 0.25) is 5.02 Å². The molecule has 1 aromatic rings. The lowest BCUT2D eigenvalue weighted by Crippen LogP contribution is -2.00. The maximum absolute atomic E-state index is 10.4. The highest BCUT2D eigenvalue weighted by atomic mass is 35.5. The molecule has 0 fully saturated rings. The molecule has 0 radical (unpaired) electrons. The highest BCUT2D eigenvalue weighted by molar-refractivity contribution is 6.32. The van der Waals surface area contributed by atoms with Crippen molar-refractivity contribution < 1.29 is 14.6 Å². The van der Waals surface area contributed by atoms with Gasteiger partial charge < -0.3 is 9.84 Å². The Morgan fingerprint density at radius 3 is 2.76 bits per heavy atom. The van der Waals surface area contributed by atoms with Gasteiger partial charge in [0.1, 0.15) is 12.4 Å². The molecular formula is C13H15ClO3. The minimum Gasteiger partial charge on any atom is -0.488 e. The van der Waals surface area contributed by atoms with Crippen LogP contribution in [0, 0.1) is 0 Å². The quantitative estimate of drug-likeness (QED) is 0.793. The Labute approximate surface area is 106 Å². The number of hydrogen-bond acceptors (Lipinski definition) is 2. The number of rotatable bonds is 6. The first kappa shape index (κ1) is 13.6.